The molecule has 0 amide bonds. The van der Waals surface area contributed by atoms with Crippen LogP contribution >= 0.6 is 11.6 Å². The van der Waals surface area contributed by atoms with Gasteiger partial charge in [0, 0.05) is 6.20 Å². The highest BCUT2D eigenvalue weighted by Crippen LogP contribution is 2.33. The molecule has 4 aromatic rings. The highest BCUT2D eigenvalue weighted by atomic mass is 35.5. The van der Waals surface area contributed by atoms with E-state index >= 15 is 0 Å². The standard InChI is InChI=1S/C20H15ClN6/c1-13-3-6-19(14(2)7-13)26(17-5-4-15(9-22)18(21)8-17)27-20-16(11-25-27)10-23-12-24-20/h3-8,10-12H,1-2H3. The monoisotopic (exact) mass is 374 g/mol. The van der Waals surface area contributed by atoms with E-state index in [9.17, 15) is 5.26 Å². The molecular weight excluding hydrogens is 360 g/mol. The summed E-state index contributed by atoms with van der Waals surface area (Å²) in [4.78, 5) is 10.2. The molecule has 0 bridgehead atoms. The summed E-state index contributed by atoms with van der Waals surface area (Å²) in [5.41, 5.74) is 5.05. The molecule has 0 aliphatic heterocycles. The van der Waals surface area contributed by atoms with E-state index < -0.39 is 0 Å². The predicted octanol–water partition coefficient (Wildman–Crippen LogP) is 4.57. The quantitative estimate of drug-likeness (QED) is 0.525. The molecule has 2 aromatic heterocycles. The third kappa shape index (κ3) is 2.98. The van der Waals surface area contributed by atoms with E-state index in [4.69, 9.17) is 11.6 Å². The van der Waals surface area contributed by atoms with Crippen molar-refractivity contribution in [3.05, 3.63) is 76.8 Å². The molecule has 7 heteroatoms. The molecule has 2 heterocycles. The summed E-state index contributed by atoms with van der Waals surface area (Å²) < 4.78 is 0. The zero-order valence-corrected chi connectivity index (χ0v) is 15.5. The van der Waals surface area contributed by atoms with Crippen LogP contribution in [0.5, 0.6) is 0 Å². The number of hydrogen-bond acceptors (Lipinski definition) is 5. The van der Waals surface area contributed by atoms with Gasteiger partial charge in [0.05, 0.1) is 33.5 Å². The lowest BCUT2D eigenvalue weighted by atomic mass is 10.1. The van der Waals surface area contributed by atoms with Gasteiger partial charge in [0.1, 0.15) is 12.4 Å². The summed E-state index contributed by atoms with van der Waals surface area (Å²) >= 11 is 6.30. The molecule has 0 fully saturated rings. The van der Waals surface area contributed by atoms with E-state index in [1.54, 1.807) is 29.3 Å². The molecule has 0 spiro atoms. The van der Waals surface area contributed by atoms with Gasteiger partial charge >= 0.3 is 0 Å². The van der Waals surface area contributed by atoms with E-state index in [1.165, 1.54) is 11.9 Å². The van der Waals surface area contributed by atoms with Gasteiger partial charge in [-0.15, -0.1) is 4.79 Å². The second kappa shape index (κ2) is 6.71. The Bertz CT molecular complexity index is 1190. The van der Waals surface area contributed by atoms with Gasteiger partial charge in [-0.1, -0.05) is 29.3 Å². The lowest BCUT2D eigenvalue weighted by Gasteiger charge is -2.27. The number of nitriles is 1. The Morgan fingerprint density at radius 1 is 1.11 bits per heavy atom. The molecule has 0 aliphatic carbocycles. The van der Waals surface area contributed by atoms with Crippen molar-refractivity contribution in [1.29, 1.82) is 5.26 Å². The summed E-state index contributed by atoms with van der Waals surface area (Å²) in [6.07, 6.45) is 4.93. The number of nitrogens with zero attached hydrogens (tertiary/aromatic N) is 6. The molecule has 4 rings (SSSR count). The Hall–Kier alpha value is -3.43. The first-order valence-electron chi connectivity index (χ1n) is 8.29. The molecule has 0 unspecified atom stereocenters. The van der Waals surface area contributed by atoms with Crippen LogP contribution in [0.4, 0.5) is 11.4 Å². The second-order valence-corrected chi connectivity index (χ2v) is 6.62. The highest BCUT2D eigenvalue weighted by Gasteiger charge is 2.19. The van der Waals surface area contributed by atoms with Crippen LogP contribution in [0.25, 0.3) is 11.0 Å². The van der Waals surface area contributed by atoms with Crippen molar-refractivity contribution in [3.8, 4) is 6.07 Å². The number of aryl methyl sites for hydroxylation is 2. The van der Waals surface area contributed by atoms with Gasteiger partial charge in [-0.05, 0) is 43.7 Å². The Morgan fingerprint density at radius 2 is 1.96 bits per heavy atom. The minimum atomic E-state index is 0.385. The average Bonchev–Trinajstić information content (AvgIpc) is 3.08. The van der Waals surface area contributed by atoms with E-state index in [0.29, 0.717) is 16.2 Å². The molecule has 132 valence electrons. The van der Waals surface area contributed by atoms with Crippen molar-refractivity contribution in [1.82, 2.24) is 19.9 Å². The lowest BCUT2D eigenvalue weighted by molar-refractivity contribution is 0.716. The van der Waals surface area contributed by atoms with Crippen LogP contribution in [0.3, 0.4) is 0 Å². The number of anilines is 2. The van der Waals surface area contributed by atoms with Crippen LogP contribution < -0.4 is 5.01 Å². The zero-order chi connectivity index (χ0) is 19.0. The summed E-state index contributed by atoms with van der Waals surface area (Å²) in [5.74, 6) is 0. The molecule has 0 radical (unpaired) electrons. The highest BCUT2D eigenvalue weighted by molar-refractivity contribution is 6.32. The summed E-state index contributed by atoms with van der Waals surface area (Å²) in [6.45, 7) is 4.09. The van der Waals surface area contributed by atoms with Crippen LogP contribution in [0.2, 0.25) is 5.02 Å². The molecule has 27 heavy (non-hydrogen) atoms. The van der Waals surface area contributed by atoms with E-state index in [-0.39, 0.29) is 0 Å². The second-order valence-electron chi connectivity index (χ2n) is 6.21. The zero-order valence-electron chi connectivity index (χ0n) is 14.8. The molecule has 0 aliphatic rings. The largest absolute Gasteiger partial charge is 0.244 e. The van der Waals surface area contributed by atoms with Crippen LogP contribution in [-0.4, -0.2) is 19.9 Å². The first-order chi connectivity index (χ1) is 13.1. The lowest BCUT2D eigenvalue weighted by Crippen LogP contribution is -2.26. The Balaban J connectivity index is 1.98. The predicted molar refractivity (Wildman–Crippen MR) is 105 cm³/mol. The maximum absolute atomic E-state index is 9.18. The van der Waals surface area contributed by atoms with Gasteiger partial charge in [-0.25, -0.2) is 15.0 Å². The van der Waals surface area contributed by atoms with Gasteiger partial charge < -0.3 is 0 Å². The van der Waals surface area contributed by atoms with Crippen molar-refractivity contribution < 1.29 is 0 Å². The Morgan fingerprint density at radius 3 is 2.70 bits per heavy atom. The van der Waals surface area contributed by atoms with Crippen molar-refractivity contribution in [2.24, 2.45) is 0 Å². The van der Waals surface area contributed by atoms with Gasteiger partial charge in [0.25, 0.3) is 0 Å². The first-order valence-corrected chi connectivity index (χ1v) is 8.67. The molecule has 6 nitrogen and oxygen atoms in total. The molecule has 2 aromatic carbocycles. The molecule has 0 atom stereocenters. The number of aromatic nitrogens is 4. The summed E-state index contributed by atoms with van der Waals surface area (Å²) in [7, 11) is 0. The van der Waals surface area contributed by atoms with Crippen LogP contribution in [0.15, 0.2) is 55.1 Å². The van der Waals surface area contributed by atoms with Gasteiger partial charge in [-0.2, -0.15) is 10.4 Å². The van der Waals surface area contributed by atoms with Gasteiger partial charge in [0.2, 0.25) is 0 Å². The fraction of sp³-hybridized carbons (Fsp3) is 0.100. The van der Waals surface area contributed by atoms with E-state index in [1.807, 2.05) is 30.1 Å². The number of hydrogen-bond donors (Lipinski definition) is 0. The number of fused-ring (bicyclic) bond motifs is 1. The molecule has 0 saturated heterocycles. The number of halogens is 1. The Kier molecular flexibility index (Phi) is 4.22. The van der Waals surface area contributed by atoms with Gasteiger partial charge in [0.15, 0.2) is 5.65 Å². The van der Waals surface area contributed by atoms with Crippen molar-refractivity contribution in [2.75, 3.05) is 5.01 Å². The smallest absolute Gasteiger partial charge is 0.184 e. The molecular formula is C20H15ClN6. The number of rotatable bonds is 3. The number of benzene rings is 2. The summed E-state index contributed by atoms with van der Waals surface area (Å²) in [5, 5.41) is 16.8. The maximum atomic E-state index is 9.18. The fourth-order valence-corrected chi connectivity index (χ4v) is 3.25. The molecule has 0 saturated carbocycles. The van der Waals surface area contributed by atoms with Crippen LogP contribution in [0, 0.1) is 25.2 Å². The molecule has 0 N–H and O–H groups in total. The van der Waals surface area contributed by atoms with Crippen LogP contribution in [-0.2, 0) is 0 Å². The van der Waals surface area contributed by atoms with Crippen LogP contribution in [0.1, 0.15) is 16.7 Å². The summed E-state index contributed by atoms with van der Waals surface area (Å²) in [6, 6.07) is 13.6. The Labute approximate surface area is 161 Å². The van der Waals surface area contributed by atoms with E-state index in [0.717, 1.165) is 22.3 Å². The minimum Gasteiger partial charge on any atom is -0.244 e. The third-order valence-electron chi connectivity index (χ3n) is 4.30. The van der Waals surface area contributed by atoms with Gasteiger partial charge in [-0.3, -0.25) is 0 Å². The van der Waals surface area contributed by atoms with Crippen molar-refractivity contribution >= 4 is 34.0 Å². The topological polar surface area (TPSA) is 70.6 Å². The minimum absolute atomic E-state index is 0.385. The maximum Gasteiger partial charge on any atom is 0.184 e. The van der Waals surface area contributed by atoms with Crippen molar-refractivity contribution in [3.63, 3.8) is 0 Å². The first kappa shape index (κ1) is 17.0. The van der Waals surface area contributed by atoms with E-state index in [2.05, 4.69) is 34.1 Å². The third-order valence-corrected chi connectivity index (χ3v) is 4.61. The van der Waals surface area contributed by atoms with Crippen molar-refractivity contribution in [2.45, 2.75) is 13.8 Å². The fourth-order valence-electron chi connectivity index (χ4n) is 3.03. The average molecular weight is 375 g/mol. The normalized spacial score (nSPS) is 10.7. The SMILES string of the molecule is Cc1ccc(N(c2ccc(C#N)c(Cl)c2)n2ncc3cncnc32)c(C)c1.